The molecule has 7 heteroatoms. The first kappa shape index (κ1) is 15.9. The molecular weight excluding hydrogens is 290 g/mol. The minimum absolute atomic E-state index is 0.0939. The first-order chi connectivity index (χ1) is 8.57. The Kier molecular flexibility index (Phi) is 4.60. The van der Waals surface area contributed by atoms with E-state index in [4.69, 9.17) is 15.8 Å². The summed E-state index contributed by atoms with van der Waals surface area (Å²) in [6.45, 7) is 4.66. The van der Waals surface area contributed by atoms with Gasteiger partial charge in [-0.2, -0.15) is 0 Å². The van der Waals surface area contributed by atoms with Crippen LogP contribution >= 0.6 is 10.7 Å². The van der Waals surface area contributed by atoms with E-state index in [0.717, 1.165) is 0 Å². The van der Waals surface area contributed by atoms with Gasteiger partial charge in [-0.25, -0.2) is 8.42 Å². The lowest BCUT2D eigenvalue weighted by Crippen LogP contribution is -2.46. The molecule has 0 saturated carbocycles. The Bertz CT molecular complexity index is 596. The summed E-state index contributed by atoms with van der Waals surface area (Å²) in [5, 5.41) is 11.7. The van der Waals surface area contributed by atoms with E-state index in [-0.39, 0.29) is 17.1 Å². The summed E-state index contributed by atoms with van der Waals surface area (Å²) in [5.74, 6) is -0.472. The second-order valence-corrected chi connectivity index (χ2v) is 7.45. The number of benzene rings is 1. The van der Waals surface area contributed by atoms with Crippen molar-refractivity contribution in [1.82, 2.24) is 5.32 Å². The molecule has 106 valence electrons. The smallest absolute Gasteiger partial charge is 0.261 e. The number of carbonyl (C=O) groups excluding carboxylic acids is 1. The van der Waals surface area contributed by atoms with Crippen molar-refractivity contribution >= 4 is 25.6 Å². The molecule has 0 atom stereocenters. The number of aliphatic hydroxyl groups is 1. The summed E-state index contributed by atoms with van der Waals surface area (Å²) in [7, 11) is 1.41. The molecule has 0 heterocycles. The SMILES string of the molecule is Cc1ccc(C(=O)NC(C)(C)CO)cc1S(=O)(=O)Cl. The van der Waals surface area contributed by atoms with Gasteiger partial charge < -0.3 is 10.4 Å². The molecule has 1 amide bonds. The Morgan fingerprint density at radius 3 is 2.47 bits per heavy atom. The summed E-state index contributed by atoms with van der Waals surface area (Å²) >= 11 is 0. The third-order valence-corrected chi connectivity index (χ3v) is 4.02. The molecule has 0 radical (unpaired) electrons. The van der Waals surface area contributed by atoms with Gasteiger partial charge in [0.15, 0.2) is 0 Å². The maximum Gasteiger partial charge on any atom is 0.261 e. The van der Waals surface area contributed by atoms with Crippen LogP contribution in [0.25, 0.3) is 0 Å². The van der Waals surface area contributed by atoms with Crippen molar-refractivity contribution in [3.63, 3.8) is 0 Å². The number of hydrogen-bond acceptors (Lipinski definition) is 4. The lowest BCUT2D eigenvalue weighted by Gasteiger charge is -2.23. The van der Waals surface area contributed by atoms with Gasteiger partial charge in [0.1, 0.15) is 0 Å². The number of aliphatic hydroxyl groups excluding tert-OH is 1. The highest BCUT2D eigenvalue weighted by atomic mass is 35.7. The number of rotatable bonds is 4. The minimum Gasteiger partial charge on any atom is -0.394 e. The van der Waals surface area contributed by atoms with Crippen molar-refractivity contribution in [2.24, 2.45) is 0 Å². The first-order valence-corrected chi connectivity index (χ1v) is 7.86. The Hall–Kier alpha value is -1.11. The zero-order valence-electron chi connectivity index (χ0n) is 10.9. The molecular formula is C12H16ClNO4S. The molecule has 5 nitrogen and oxygen atoms in total. The topological polar surface area (TPSA) is 83.5 Å². The van der Waals surface area contributed by atoms with Crippen LogP contribution in [-0.4, -0.2) is 31.6 Å². The van der Waals surface area contributed by atoms with Crippen molar-refractivity contribution in [3.8, 4) is 0 Å². The van der Waals surface area contributed by atoms with Gasteiger partial charge >= 0.3 is 0 Å². The Balaban J connectivity index is 3.14. The van der Waals surface area contributed by atoms with Gasteiger partial charge in [0, 0.05) is 16.2 Å². The monoisotopic (exact) mass is 305 g/mol. The Morgan fingerprint density at radius 1 is 1.42 bits per heavy atom. The quantitative estimate of drug-likeness (QED) is 0.824. The molecule has 0 aliphatic heterocycles. The highest BCUT2D eigenvalue weighted by Crippen LogP contribution is 2.21. The molecule has 0 bridgehead atoms. The molecule has 19 heavy (non-hydrogen) atoms. The van der Waals surface area contributed by atoms with E-state index in [0.29, 0.717) is 5.56 Å². The minimum atomic E-state index is -3.90. The predicted octanol–water partition coefficient (Wildman–Crippen LogP) is 1.42. The summed E-state index contributed by atoms with van der Waals surface area (Å²) in [6.07, 6.45) is 0. The van der Waals surface area contributed by atoms with Crippen LogP contribution in [-0.2, 0) is 9.05 Å². The zero-order valence-corrected chi connectivity index (χ0v) is 12.5. The number of nitrogens with one attached hydrogen (secondary N) is 1. The van der Waals surface area contributed by atoms with Crippen LogP contribution < -0.4 is 5.32 Å². The highest BCUT2D eigenvalue weighted by molar-refractivity contribution is 8.13. The van der Waals surface area contributed by atoms with Crippen LogP contribution in [0.15, 0.2) is 23.1 Å². The van der Waals surface area contributed by atoms with Crippen molar-refractivity contribution in [2.45, 2.75) is 31.2 Å². The summed E-state index contributed by atoms with van der Waals surface area (Å²) in [4.78, 5) is 11.9. The fourth-order valence-corrected chi connectivity index (χ4v) is 2.64. The lowest BCUT2D eigenvalue weighted by atomic mass is 10.1. The Morgan fingerprint density at radius 2 is 2.00 bits per heavy atom. The number of hydrogen-bond donors (Lipinski definition) is 2. The zero-order chi connectivity index (χ0) is 14.8. The van der Waals surface area contributed by atoms with Crippen LogP contribution in [0.5, 0.6) is 0 Å². The number of amides is 1. The average molecular weight is 306 g/mol. The standard InChI is InChI=1S/C12H16ClNO4S/c1-8-4-5-9(6-10(8)19(13,17)18)11(16)14-12(2,3)7-15/h4-6,15H,7H2,1-3H3,(H,14,16). The van der Waals surface area contributed by atoms with Crippen molar-refractivity contribution < 1.29 is 18.3 Å². The van der Waals surface area contributed by atoms with Gasteiger partial charge in [-0.1, -0.05) is 6.07 Å². The second kappa shape index (κ2) is 5.48. The third-order valence-electron chi connectivity index (χ3n) is 2.56. The van der Waals surface area contributed by atoms with Crippen LogP contribution in [0, 0.1) is 6.92 Å². The molecule has 0 spiro atoms. The van der Waals surface area contributed by atoms with Gasteiger partial charge in [-0.3, -0.25) is 4.79 Å². The number of halogens is 1. The number of carbonyl (C=O) groups is 1. The fourth-order valence-electron chi connectivity index (χ4n) is 1.42. The number of aryl methyl sites for hydroxylation is 1. The van der Waals surface area contributed by atoms with E-state index in [1.807, 2.05) is 0 Å². The second-order valence-electron chi connectivity index (χ2n) is 4.91. The van der Waals surface area contributed by atoms with Crippen LogP contribution in [0.2, 0.25) is 0 Å². The maximum atomic E-state index is 11.9. The molecule has 0 fully saturated rings. The largest absolute Gasteiger partial charge is 0.394 e. The van der Waals surface area contributed by atoms with Gasteiger partial charge in [-0.05, 0) is 38.5 Å². The maximum absolute atomic E-state index is 11.9. The highest BCUT2D eigenvalue weighted by Gasteiger charge is 2.22. The van der Waals surface area contributed by atoms with E-state index in [2.05, 4.69) is 5.32 Å². The third kappa shape index (κ3) is 4.19. The van der Waals surface area contributed by atoms with Crippen LogP contribution in [0.3, 0.4) is 0 Å². The van der Waals surface area contributed by atoms with Crippen molar-refractivity contribution in [1.29, 1.82) is 0 Å². The molecule has 1 rings (SSSR count). The molecule has 0 unspecified atom stereocenters. The summed E-state index contributed by atoms with van der Waals surface area (Å²) in [6, 6.07) is 4.24. The van der Waals surface area contributed by atoms with E-state index in [1.165, 1.54) is 18.2 Å². The Labute approximate surface area is 117 Å². The molecule has 2 N–H and O–H groups in total. The molecule has 0 aromatic heterocycles. The van der Waals surface area contributed by atoms with E-state index < -0.39 is 20.5 Å². The molecule has 1 aromatic rings. The molecule has 1 aromatic carbocycles. The van der Waals surface area contributed by atoms with Gasteiger partial charge in [-0.15, -0.1) is 0 Å². The van der Waals surface area contributed by atoms with E-state index in [1.54, 1.807) is 20.8 Å². The summed E-state index contributed by atoms with van der Waals surface area (Å²) in [5.41, 5.74) is -0.151. The van der Waals surface area contributed by atoms with Crippen molar-refractivity contribution in [2.75, 3.05) is 6.61 Å². The van der Waals surface area contributed by atoms with E-state index in [9.17, 15) is 13.2 Å². The normalized spacial score (nSPS) is 12.3. The van der Waals surface area contributed by atoms with Crippen LogP contribution in [0.1, 0.15) is 29.8 Å². The van der Waals surface area contributed by atoms with Crippen molar-refractivity contribution in [3.05, 3.63) is 29.3 Å². The lowest BCUT2D eigenvalue weighted by molar-refractivity contribution is 0.0869. The summed E-state index contributed by atoms with van der Waals surface area (Å²) < 4.78 is 22.7. The van der Waals surface area contributed by atoms with Gasteiger partial charge in [0.2, 0.25) is 0 Å². The predicted molar refractivity (Wildman–Crippen MR) is 72.8 cm³/mol. The van der Waals surface area contributed by atoms with Gasteiger partial charge in [0.25, 0.3) is 15.0 Å². The molecule has 0 saturated heterocycles. The fraction of sp³-hybridized carbons (Fsp3) is 0.417. The average Bonchev–Trinajstić information content (AvgIpc) is 2.27. The molecule has 0 aliphatic carbocycles. The van der Waals surface area contributed by atoms with E-state index >= 15 is 0 Å². The molecule has 0 aliphatic rings. The van der Waals surface area contributed by atoms with Gasteiger partial charge in [0.05, 0.1) is 17.0 Å². The van der Waals surface area contributed by atoms with Crippen LogP contribution in [0.4, 0.5) is 0 Å². The first-order valence-electron chi connectivity index (χ1n) is 5.55.